The fraction of sp³-hybridized carbons (Fsp3) is 0.500. The van der Waals surface area contributed by atoms with Gasteiger partial charge in [-0.05, 0) is 37.5 Å². The molecule has 3 nitrogen and oxygen atoms in total. The summed E-state index contributed by atoms with van der Waals surface area (Å²) in [7, 11) is -0.601. The van der Waals surface area contributed by atoms with E-state index in [9.17, 15) is 4.21 Å². The predicted octanol–water partition coefficient (Wildman–Crippen LogP) is 2.12. The van der Waals surface area contributed by atoms with Gasteiger partial charge in [0.1, 0.15) is 0 Å². The average Bonchev–Trinajstić information content (AvgIpc) is 2.41. The molecule has 0 radical (unpaired) electrons. The molecule has 1 heterocycles. The summed E-state index contributed by atoms with van der Waals surface area (Å²) in [6.07, 6.45) is 1.99. The molecular weight excluding hydrogens is 244 g/mol. The van der Waals surface area contributed by atoms with Crippen LogP contribution < -0.4 is 5.32 Å². The van der Waals surface area contributed by atoms with E-state index in [0.29, 0.717) is 11.6 Å². The summed E-state index contributed by atoms with van der Waals surface area (Å²) in [5, 5.41) is 12.3. The molecule has 4 heteroatoms. The Morgan fingerprint density at radius 2 is 1.94 bits per heavy atom. The molecule has 0 aromatic heterocycles. The lowest BCUT2D eigenvalue weighted by atomic mass is 10.0. The van der Waals surface area contributed by atoms with Gasteiger partial charge in [0.2, 0.25) is 0 Å². The molecule has 1 aromatic carbocycles. The number of nitrogens with zero attached hydrogens (tertiary/aromatic N) is 1. The lowest BCUT2D eigenvalue weighted by molar-refractivity contribution is 0.427. The Morgan fingerprint density at radius 3 is 2.50 bits per heavy atom. The normalized spacial score (nSPS) is 25.3. The number of nitriles is 1. The Labute approximate surface area is 111 Å². The monoisotopic (exact) mass is 262 g/mol. The largest absolute Gasteiger partial charge is 0.307 e. The standard InChI is InChI=1S/C14H18N2OS/c1-11(13-4-2-12(10-15)3-5-13)16-14-6-8-18(17)9-7-14/h2-5,11,14,16H,6-9H2,1H3. The first kappa shape index (κ1) is 13.3. The topological polar surface area (TPSA) is 52.9 Å². The zero-order chi connectivity index (χ0) is 13.0. The maximum Gasteiger partial charge on any atom is 0.0991 e. The van der Waals surface area contributed by atoms with Crippen LogP contribution in [0.5, 0.6) is 0 Å². The van der Waals surface area contributed by atoms with Crippen molar-refractivity contribution in [3.8, 4) is 6.07 Å². The van der Waals surface area contributed by atoms with Crippen LogP contribution in [0.4, 0.5) is 0 Å². The first-order chi connectivity index (χ1) is 8.69. The van der Waals surface area contributed by atoms with Crippen molar-refractivity contribution in [2.24, 2.45) is 0 Å². The van der Waals surface area contributed by atoms with Gasteiger partial charge in [0, 0.05) is 34.4 Å². The summed E-state index contributed by atoms with van der Waals surface area (Å²) < 4.78 is 11.3. The summed E-state index contributed by atoms with van der Waals surface area (Å²) >= 11 is 0. The third-order valence-corrected chi connectivity index (χ3v) is 4.80. The summed E-state index contributed by atoms with van der Waals surface area (Å²) in [5.41, 5.74) is 1.89. The summed E-state index contributed by atoms with van der Waals surface area (Å²) in [6.45, 7) is 2.13. The van der Waals surface area contributed by atoms with Crippen molar-refractivity contribution in [1.82, 2.24) is 5.32 Å². The van der Waals surface area contributed by atoms with Gasteiger partial charge in [-0.1, -0.05) is 12.1 Å². The zero-order valence-corrected chi connectivity index (χ0v) is 11.4. The van der Waals surface area contributed by atoms with Crippen LogP contribution in [-0.4, -0.2) is 21.8 Å². The van der Waals surface area contributed by atoms with Crippen LogP contribution in [-0.2, 0) is 10.8 Å². The molecule has 1 atom stereocenters. The molecule has 1 N–H and O–H groups in total. The van der Waals surface area contributed by atoms with Crippen LogP contribution in [0.1, 0.15) is 36.9 Å². The molecule has 1 aliphatic rings. The van der Waals surface area contributed by atoms with Crippen LogP contribution in [0.15, 0.2) is 24.3 Å². The first-order valence-electron chi connectivity index (χ1n) is 6.30. The number of hydrogen-bond donors (Lipinski definition) is 1. The van der Waals surface area contributed by atoms with Gasteiger partial charge >= 0.3 is 0 Å². The van der Waals surface area contributed by atoms with Crippen molar-refractivity contribution in [2.45, 2.75) is 31.8 Å². The summed E-state index contributed by atoms with van der Waals surface area (Å²) in [4.78, 5) is 0. The van der Waals surface area contributed by atoms with E-state index in [2.05, 4.69) is 18.3 Å². The lowest BCUT2D eigenvalue weighted by Gasteiger charge is -2.26. The lowest BCUT2D eigenvalue weighted by Crippen LogP contribution is -2.37. The molecule has 1 saturated heterocycles. The van der Waals surface area contributed by atoms with Crippen molar-refractivity contribution >= 4 is 10.8 Å². The third-order valence-electron chi connectivity index (χ3n) is 3.41. The minimum absolute atomic E-state index is 0.272. The molecule has 1 aliphatic heterocycles. The van der Waals surface area contributed by atoms with Gasteiger partial charge in [-0.15, -0.1) is 0 Å². The van der Waals surface area contributed by atoms with E-state index in [4.69, 9.17) is 5.26 Å². The van der Waals surface area contributed by atoms with Crippen molar-refractivity contribution in [1.29, 1.82) is 5.26 Å². The smallest absolute Gasteiger partial charge is 0.0991 e. The number of hydrogen-bond acceptors (Lipinski definition) is 3. The second kappa shape index (κ2) is 6.12. The minimum atomic E-state index is -0.601. The number of benzene rings is 1. The molecule has 1 aromatic rings. The number of nitrogens with one attached hydrogen (secondary N) is 1. The van der Waals surface area contributed by atoms with Crippen LogP contribution in [0.25, 0.3) is 0 Å². The number of rotatable bonds is 3. The molecule has 96 valence electrons. The molecule has 18 heavy (non-hydrogen) atoms. The highest BCUT2D eigenvalue weighted by atomic mass is 32.2. The zero-order valence-electron chi connectivity index (χ0n) is 10.6. The van der Waals surface area contributed by atoms with Gasteiger partial charge in [0.25, 0.3) is 0 Å². The second-order valence-electron chi connectivity index (χ2n) is 4.74. The fourth-order valence-corrected chi connectivity index (χ4v) is 3.56. The third kappa shape index (κ3) is 3.41. The molecule has 1 unspecified atom stereocenters. The van der Waals surface area contributed by atoms with Gasteiger partial charge in [-0.2, -0.15) is 5.26 Å². The van der Waals surface area contributed by atoms with Gasteiger partial charge < -0.3 is 5.32 Å². The summed E-state index contributed by atoms with van der Waals surface area (Å²) in [6, 6.07) is 10.6. The Kier molecular flexibility index (Phi) is 4.51. The molecule has 0 amide bonds. The fourth-order valence-electron chi connectivity index (χ4n) is 2.26. The van der Waals surface area contributed by atoms with Crippen molar-refractivity contribution < 1.29 is 4.21 Å². The Bertz CT molecular complexity index is 454. The van der Waals surface area contributed by atoms with Crippen molar-refractivity contribution in [3.05, 3.63) is 35.4 Å². The summed E-state index contributed by atoms with van der Waals surface area (Å²) in [5.74, 6) is 1.63. The highest BCUT2D eigenvalue weighted by molar-refractivity contribution is 7.85. The van der Waals surface area contributed by atoms with E-state index >= 15 is 0 Å². The van der Waals surface area contributed by atoms with Gasteiger partial charge in [-0.3, -0.25) is 4.21 Å². The SMILES string of the molecule is CC(NC1CCS(=O)CC1)c1ccc(C#N)cc1. The van der Waals surface area contributed by atoms with Gasteiger partial charge in [0.05, 0.1) is 11.6 Å². The first-order valence-corrected chi connectivity index (χ1v) is 7.79. The van der Waals surface area contributed by atoms with Crippen molar-refractivity contribution in [3.63, 3.8) is 0 Å². The molecular formula is C14H18N2OS. The Morgan fingerprint density at radius 1 is 1.33 bits per heavy atom. The average molecular weight is 262 g/mol. The van der Waals surface area contributed by atoms with E-state index in [1.807, 2.05) is 24.3 Å². The van der Waals surface area contributed by atoms with E-state index in [0.717, 1.165) is 24.3 Å². The van der Waals surface area contributed by atoms with Gasteiger partial charge in [-0.25, -0.2) is 0 Å². The maximum atomic E-state index is 11.3. The minimum Gasteiger partial charge on any atom is -0.307 e. The molecule has 0 bridgehead atoms. The quantitative estimate of drug-likeness (QED) is 0.908. The predicted molar refractivity (Wildman–Crippen MR) is 73.6 cm³/mol. The van der Waals surface area contributed by atoms with E-state index in [1.165, 1.54) is 5.56 Å². The second-order valence-corrected chi connectivity index (χ2v) is 6.44. The molecule has 2 rings (SSSR count). The van der Waals surface area contributed by atoms with E-state index < -0.39 is 10.8 Å². The van der Waals surface area contributed by atoms with E-state index in [1.54, 1.807) is 0 Å². The molecule has 1 fully saturated rings. The van der Waals surface area contributed by atoms with Crippen molar-refractivity contribution in [2.75, 3.05) is 11.5 Å². The van der Waals surface area contributed by atoms with E-state index in [-0.39, 0.29) is 6.04 Å². The van der Waals surface area contributed by atoms with Crippen LogP contribution in [0.3, 0.4) is 0 Å². The molecule has 0 saturated carbocycles. The van der Waals surface area contributed by atoms with Crippen LogP contribution >= 0.6 is 0 Å². The maximum absolute atomic E-state index is 11.3. The van der Waals surface area contributed by atoms with Crippen LogP contribution in [0, 0.1) is 11.3 Å². The Hall–Kier alpha value is -1.18. The molecule has 0 spiro atoms. The highest BCUT2D eigenvalue weighted by Crippen LogP contribution is 2.17. The van der Waals surface area contributed by atoms with Gasteiger partial charge in [0.15, 0.2) is 0 Å². The Balaban J connectivity index is 1.92. The highest BCUT2D eigenvalue weighted by Gasteiger charge is 2.19. The van der Waals surface area contributed by atoms with Crippen LogP contribution in [0.2, 0.25) is 0 Å². The molecule has 0 aliphatic carbocycles.